The maximum absolute atomic E-state index is 11.1. The van der Waals surface area contributed by atoms with E-state index in [9.17, 15) is 8.42 Å². The number of rotatable bonds is 4. The van der Waals surface area contributed by atoms with E-state index in [0.717, 1.165) is 13.1 Å². The SMILES string of the molecule is NS(=O)(=O)N1CCN(CCn2cc(Cl)cn2)CC1. The summed E-state index contributed by atoms with van der Waals surface area (Å²) in [6, 6.07) is 0. The number of piperazine rings is 1. The monoisotopic (exact) mass is 293 g/mol. The van der Waals surface area contributed by atoms with Gasteiger partial charge in [0.15, 0.2) is 0 Å². The average molecular weight is 294 g/mol. The van der Waals surface area contributed by atoms with Crippen molar-refractivity contribution in [3.05, 3.63) is 17.4 Å². The molecule has 1 aromatic heterocycles. The number of hydrogen-bond acceptors (Lipinski definition) is 4. The third kappa shape index (κ3) is 3.66. The van der Waals surface area contributed by atoms with Crippen molar-refractivity contribution in [3.8, 4) is 0 Å². The second-order valence-corrected chi connectivity index (χ2v) is 6.19. The lowest BCUT2D eigenvalue weighted by atomic mass is 10.3. The van der Waals surface area contributed by atoms with Crippen LogP contribution in [0.2, 0.25) is 5.02 Å². The molecule has 0 amide bonds. The number of nitrogens with zero attached hydrogens (tertiary/aromatic N) is 4. The van der Waals surface area contributed by atoms with Crippen LogP contribution >= 0.6 is 11.6 Å². The summed E-state index contributed by atoms with van der Waals surface area (Å²) in [5.74, 6) is 0. The van der Waals surface area contributed by atoms with Gasteiger partial charge in [0.05, 0.1) is 17.8 Å². The van der Waals surface area contributed by atoms with E-state index in [1.54, 1.807) is 17.1 Å². The maximum atomic E-state index is 11.1. The number of nitrogens with two attached hydrogens (primary N) is 1. The molecule has 0 spiro atoms. The van der Waals surface area contributed by atoms with Gasteiger partial charge in [-0.25, -0.2) is 5.14 Å². The summed E-state index contributed by atoms with van der Waals surface area (Å²) < 4.78 is 25.3. The number of hydrogen-bond donors (Lipinski definition) is 1. The molecule has 0 bridgehead atoms. The molecule has 1 aliphatic rings. The fourth-order valence-corrected chi connectivity index (χ4v) is 2.74. The molecule has 0 aliphatic carbocycles. The predicted octanol–water partition coefficient (Wildman–Crippen LogP) is -0.642. The van der Waals surface area contributed by atoms with Crippen molar-refractivity contribution < 1.29 is 8.42 Å². The molecule has 0 atom stereocenters. The minimum Gasteiger partial charge on any atom is -0.299 e. The first-order chi connectivity index (χ1) is 8.45. The zero-order valence-corrected chi connectivity index (χ0v) is 11.4. The quantitative estimate of drug-likeness (QED) is 0.800. The van der Waals surface area contributed by atoms with Crippen LogP contribution in [0, 0.1) is 0 Å². The molecule has 2 heterocycles. The van der Waals surface area contributed by atoms with Gasteiger partial charge in [-0.1, -0.05) is 11.6 Å². The third-order valence-electron chi connectivity index (χ3n) is 2.94. The average Bonchev–Trinajstić information content (AvgIpc) is 2.72. The van der Waals surface area contributed by atoms with Crippen LogP contribution in [0.5, 0.6) is 0 Å². The Morgan fingerprint density at radius 2 is 1.94 bits per heavy atom. The van der Waals surface area contributed by atoms with Gasteiger partial charge in [0, 0.05) is 38.9 Å². The fourth-order valence-electron chi connectivity index (χ4n) is 1.91. The van der Waals surface area contributed by atoms with Crippen molar-refractivity contribution in [1.29, 1.82) is 0 Å². The Kier molecular flexibility index (Phi) is 4.23. The van der Waals surface area contributed by atoms with Gasteiger partial charge in [0.2, 0.25) is 0 Å². The lowest BCUT2D eigenvalue weighted by molar-refractivity contribution is 0.181. The Morgan fingerprint density at radius 3 is 2.44 bits per heavy atom. The van der Waals surface area contributed by atoms with E-state index < -0.39 is 10.2 Å². The zero-order chi connectivity index (χ0) is 13.2. The molecule has 0 radical (unpaired) electrons. The highest BCUT2D eigenvalue weighted by Crippen LogP contribution is 2.07. The lowest BCUT2D eigenvalue weighted by Crippen LogP contribution is -2.51. The molecule has 7 nitrogen and oxygen atoms in total. The van der Waals surface area contributed by atoms with Crippen molar-refractivity contribution in [2.24, 2.45) is 5.14 Å². The summed E-state index contributed by atoms with van der Waals surface area (Å²) >= 11 is 5.77. The topological polar surface area (TPSA) is 84.5 Å². The van der Waals surface area contributed by atoms with Crippen LogP contribution in [-0.4, -0.2) is 60.1 Å². The van der Waals surface area contributed by atoms with E-state index in [1.165, 1.54) is 4.31 Å². The molecular formula is C9H16ClN5O2S. The molecule has 2 N–H and O–H groups in total. The summed E-state index contributed by atoms with van der Waals surface area (Å²) in [6.45, 7) is 3.81. The van der Waals surface area contributed by atoms with Crippen LogP contribution in [0.3, 0.4) is 0 Å². The van der Waals surface area contributed by atoms with Gasteiger partial charge >= 0.3 is 0 Å². The van der Waals surface area contributed by atoms with Gasteiger partial charge in [-0.15, -0.1) is 0 Å². The summed E-state index contributed by atoms with van der Waals surface area (Å²) in [4.78, 5) is 2.18. The van der Waals surface area contributed by atoms with Gasteiger partial charge in [-0.05, 0) is 0 Å². The summed E-state index contributed by atoms with van der Waals surface area (Å²) in [6.07, 6.45) is 3.36. The molecule has 0 saturated carbocycles. The first kappa shape index (κ1) is 13.8. The molecule has 1 aliphatic heterocycles. The third-order valence-corrected chi connectivity index (χ3v) is 4.22. The fraction of sp³-hybridized carbons (Fsp3) is 0.667. The van der Waals surface area contributed by atoms with Crippen molar-refractivity contribution in [2.75, 3.05) is 32.7 Å². The first-order valence-electron chi connectivity index (χ1n) is 5.63. The molecule has 18 heavy (non-hydrogen) atoms. The molecule has 0 unspecified atom stereocenters. The highest BCUT2D eigenvalue weighted by Gasteiger charge is 2.23. The van der Waals surface area contributed by atoms with Gasteiger partial charge in [0.1, 0.15) is 0 Å². The van der Waals surface area contributed by atoms with Gasteiger partial charge in [-0.3, -0.25) is 9.58 Å². The smallest absolute Gasteiger partial charge is 0.276 e. The second kappa shape index (κ2) is 5.54. The van der Waals surface area contributed by atoms with E-state index >= 15 is 0 Å². The van der Waals surface area contributed by atoms with Crippen molar-refractivity contribution in [1.82, 2.24) is 19.0 Å². The van der Waals surface area contributed by atoms with Crippen molar-refractivity contribution in [3.63, 3.8) is 0 Å². The minimum absolute atomic E-state index is 0.443. The molecule has 1 fully saturated rings. The standard InChI is InChI=1S/C9H16ClN5O2S/c10-9-7-12-14(8-9)4-1-13-2-5-15(6-3-13)18(11,16)17/h7-8H,1-6H2,(H2,11,16,17). The lowest BCUT2D eigenvalue weighted by Gasteiger charge is -2.32. The van der Waals surface area contributed by atoms with Crippen molar-refractivity contribution in [2.45, 2.75) is 6.54 Å². The molecule has 0 aromatic carbocycles. The Bertz CT molecular complexity index is 495. The van der Waals surface area contributed by atoms with Gasteiger partial charge in [0.25, 0.3) is 10.2 Å². The highest BCUT2D eigenvalue weighted by atomic mass is 35.5. The Balaban J connectivity index is 1.77. The summed E-state index contributed by atoms with van der Waals surface area (Å²) in [5, 5.41) is 9.78. The number of halogens is 1. The van der Waals surface area contributed by atoms with Crippen LogP contribution < -0.4 is 5.14 Å². The summed E-state index contributed by atoms with van der Waals surface area (Å²) in [7, 11) is -3.54. The van der Waals surface area contributed by atoms with Gasteiger partial charge < -0.3 is 0 Å². The minimum atomic E-state index is -3.54. The molecule has 2 rings (SSSR count). The van der Waals surface area contributed by atoms with E-state index in [-0.39, 0.29) is 0 Å². The van der Waals surface area contributed by atoms with Crippen LogP contribution in [0.15, 0.2) is 12.4 Å². The van der Waals surface area contributed by atoms with E-state index in [0.29, 0.717) is 31.2 Å². The normalized spacial score (nSPS) is 19.2. The Hall–Kier alpha value is -0.670. The molecule has 1 saturated heterocycles. The Labute approximate surface area is 111 Å². The van der Waals surface area contributed by atoms with Gasteiger partial charge in [-0.2, -0.15) is 17.8 Å². The van der Waals surface area contributed by atoms with E-state index in [4.69, 9.17) is 16.7 Å². The zero-order valence-electron chi connectivity index (χ0n) is 9.87. The van der Waals surface area contributed by atoms with Crippen LogP contribution in [-0.2, 0) is 16.8 Å². The molecule has 1 aromatic rings. The maximum Gasteiger partial charge on any atom is 0.276 e. The first-order valence-corrected chi connectivity index (χ1v) is 7.51. The number of aromatic nitrogens is 2. The summed E-state index contributed by atoms with van der Waals surface area (Å²) in [5.41, 5.74) is 0. The molecule has 9 heteroatoms. The molecular weight excluding hydrogens is 278 g/mol. The van der Waals surface area contributed by atoms with Crippen molar-refractivity contribution >= 4 is 21.8 Å². The largest absolute Gasteiger partial charge is 0.299 e. The van der Waals surface area contributed by atoms with E-state index in [2.05, 4.69) is 10.00 Å². The second-order valence-electron chi connectivity index (χ2n) is 4.21. The van der Waals surface area contributed by atoms with Crippen LogP contribution in [0.4, 0.5) is 0 Å². The van der Waals surface area contributed by atoms with Crippen LogP contribution in [0.25, 0.3) is 0 Å². The predicted molar refractivity (Wildman–Crippen MR) is 68.4 cm³/mol. The Morgan fingerprint density at radius 1 is 1.28 bits per heavy atom. The highest BCUT2D eigenvalue weighted by molar-refractivity contribution is 7.86. The van der Waals surface area contributed by atoms with E-state index in [1.807, 2.05) is 0 Å². The van der Waals surface area contributed by atoms with Crippen LogP contribution in [0.1, 0.15) is 0 Å². The molecule has 102 valence electrons.